The van der Waals surface area contributed by atoms with Crippen LogP contribution in [0.4, 0.5) is 17.1 Å². The van der Waals surface area contributed by atoms with Crippen molar-refractivity contribution in [2.75, 3.05) is 36.1 Å². The summed E-state index contributed by atoms with van der Waals surface area (Å²) in [5, 5.41) is 12.1. The van der Waals surface area contributed by atoms with Gasteiger partial charge < -0.3 is 25.8 Å². The second kappa shape index (κ2) is 4.73. The maximum Gasteiger partial charge on any atom is 0.262 e. The van der Waals surface area contributed by atoms with E-state index in [1.165, 1.54) is 0 Å². The van der Waals surface area contributed by atoms with Gasteiger partial charge >= 0.3 is 0 Å². The summed E-state index contributed by atoms with van der Waals surface area (Å²) in [6.45, 7) is 2.17. The summed E-state index contributed by atoms with van der Waals surface area (Å²) in [4.78, 5) is 13.1. The van der Waals surface area contributed by atoms with Crippen LogP contribution in [0.3, 0.4) is 0 Å². The van der Waals surface area contributed by atoms with Crippen molar-refractivity contribution in [3.8, 4) is 5.75 Å². The molecule has 0 saturated carbocycles. The molecule has 1 unspecified atom stereocenters. The summed E-state index contributed by atoms with van der Waals surface area (Å²) in [6, 6.07) is 3.44. The molecule has 18 heavy (non-hydrogen) atoms. The SMILES string of the molecule is CC(O)CN(C)c1cc2c(cc1N)OCC(=O)N2. The van der Waals surface area contributed by atoms with Gasteiger partial charge in [-0.15, -0.1) is 0 Å². The Hall–Kier alpha value is -1.95. The molecule has 1 aliphatic heterocycles. The van der Waals surface area contributed by atoms with E-state index in [0.29, 0.717) is 23.7 Å². The lowest BCUT2D eigenvalue weighted by Gasteiger charge is -2.25. The minimum Gasteiger partial charge on any atom is -0.482 e. The molecule has 0 radical (unpaired) electrons. The van der Waals surface area contributed by atoms with Crippen LogP contribution >= 0.6 is 0 Å². The molecule has 1 heterocycles. The first-order valence-electron chi connectivity index (χ1n) is 5.72. The Kier molecular flexibility index (Phi) is 3.29. The van der Waals surface area contributed by atoms with Crippen molar-refractivity contribution < 1.29 is 14.6 Å². The van der Waals surface area contributed by atoms with Crippen molar-refractivity contribution in [3.63, 3.8) is 0 Å². The number of hydrogen-bond acceptors (Lipinski definition) is 5. The van der Waals surface area contributed by atoms with Gasteiger partial charge in [-0.1, -0.05) is 0 Å². The number of nitrogens with zero attached hydrogens (tertiary/aromatic N) is 1. The van der Waals surface area contributed by atoms with Gasteiger partial charge in [-0.2, -0.15) is 0 Å². The number of aliphatic hydroxyl groups is 1. The summed E-state index contributed by atoms with van der Waals surface area (Å²) in [5.41, 5.74) is 7.84. The number of carbonyl (C=O) groups excluding carboxylic acids is 1. The van der Waals surface area contributed by atoms with Crippen molar-refractivity contribution in [1.82, 2.24) is 0 Å². The second-order valence-electron chi connectivity index (χ2n) is 4.47. The van der Waals surface area contributed by atoms with Gasteiger partial charge in [-0.05, 0) is 13.0 Å². The van der Waals surface area contributed by atoms with Crippen LogP contribution in [0.5, 0.6) is 5.75 Å². The maximum absolute atomic E-state index is 11.2. The molecule has 0 fully saturated rings. The number of nitrogens with two attached hydrogens (primary N) is 1. The van der Waals surface area contributed by atoms with Gasteiger partial charge in [0.2, 0.25) is 0 Å². The van der Waals surface area contributed by atoms with Crippen LogP contribution in [0, 0.1) is 0 Å². The Morgan fingerprint density at radius 1 is 1.61 bits per heavy atom. The standard InChI is InChI=1S/C12H17N3O3/c1-7(16)5-15(2)10-4-9-11(3-8(10)13)18-6-12(17)14-9/h3-4,7,16H,5-6,13H2,1-2H3,(H,14,17). The summed E-state index contributed by atoms with van der Waals surface area (Å²) in [6.07, 6.45) is -0.462. The molecular weight excluding hydrogens is 234 g/mol. The first-order valence-corrected chi connectivity index (χ1v) is 5.72. The number of likely N-dealkylation sites (N-methyl/N-ethyl adjacent to an activating group) is 1. The topological polar surface area (TPSA) is 87.8 Å². The fourth-order valence-electron chi connectivity index (χ4n) is 1.96. The molecule has 0 bridgehead atoms. The van der Waals surface area contributed by atoms with Gasteiger partial charge in [0.05, 0.1) is 23.2 Å². The molecule has 1 aromatic rings. The highest BCUT2D eigenvalue weighted by Crippen LogP contribution is 2.36. The molecule has 6 heteroatoms. The zero-order chi connectivity index (χ0) is 13.3. The molecule has 98 valence electrons. The van der Waals surface area contributed by atoms with Crippen LogP contribution < -0.4 is 20.7 Å². The van der Waals surface area contributed by atoms with E-state index >= 15 is 0 Å². The molecular formula is C12H17N3O3. The smallest absolute Gasteiger partial charge is 0.262 e. The van der Waals surface area contributed by atoms with Crippen LogP contribution in [-0.4, -0.2) is 37.3 Å². The molecule has 4 N–H and O–H groups in total. The van der Waals surface area contributed by atoms with Crippen LogP contribution in [-0.2, 0) is 4.79 Å². The van der Waals surface area contributed by atoms with E-state index < -0.39 is 6.10 Å². The van der Waals surface area contributed by atoms with Gasteiger partial charge in [0.1, 0.15) is 5.75 Å². The third-order valence-electron chi connectivity index (χ3n) is 2.71. The van der Waals surface area contributed by atoms with Crippen LogP contribution in [0.1, 0.15) is 6.92 Å². The number of amides is 1. The van der Waals surface area contributed by atoms with E-state index in [0.717, 1.165) is 5.69 Å². The number of hydrogen-bond donors (Lipinski definition) is 3. The largest absolute Gasteiger partial charge is 0.482 e. The van der Waals surface area contributed by atoms with Crippen molar-refractivity contribution in [1.29, 1.82) is 0 Å². The zero-order valence-electron chi connectivity index (χ0n) is 10.4. The van der Waals surface area contributed by atoms with E-state index in [1.807, 2.05) is 11.9 Å². The first-order chi connectivity index (χ1) is 8.47. The highest BCUT2D eigenvalue weighted by atomic mass is 16.5. The number of nitrogens with one attached hydrogen (secondary N) is 1. The summed E-state index contributed by atoms with van der Waals surface area (Å²) < 4.78 is 5.27. The van der Waals surface area contributed by atoms with E-state index in [-0.39, 0.29) is 12.5 Å². The van der Waals surface area contributed by atoms with Crippen LogP contribution in [0.15, 0.2) is 12.1 Å². The molecule has 1 atom stereocenters. The van der Waals surface area contributed by atoms with E-state index in [9.17, 15) is 9.90 Å². The number of carbonyl (C=O) groups is 1. The summed E-state index contributed by atoms with van der Waals surface area (Å²) in [7, 11) is 1.83. The van der Waals surface area contributed by atoms with E-state index in [4.69, 9.17) is 10.5 Å². The van der Waals surface area contributed by atoms with Gasteiger partial charge in [0.15, 0.2) is 6.61 Å². The Labute approximate surface area is 105 Å². The Bertz CT molecular complexity index is 474. The predicted octanol–water partition coefficient (Wildman–Crippen LogP) is 0.417. The number of nitrogen functional groups attached to an aromatic ring is 1. The molecule has 0 aromatic heterocycles. The van der Waals surface area contributed by atoms with Crippen molar-refractivity contribution in [3.05, 3.63) is 12.1 Å². The zero-order valence-corrected chi connectivity index (χ0v) is 10.4. The fourth-order valence-corrected chi connectivity index (χ4v) is 1.96. The van der Waals surface area contributed by atoms with E-state index in [1.54, 1.807) is 19.1 Å². The molecule has 1 amide bonds. The van der Waals surface area contributed by atoms with Crippen molar-refractivity contribution >= 4 is 23.0 Å². The lowest BCUT2D eigenvalue weighted by atomic mass is 10.2. The summed E-state index contributed by atoms with van der Waals surface area (Å²) >= 11 is 0. The lowest BCUT2D eigenvalue weighted by Crippen LogP contribution is -2.29. The molecule has 1 aliphatic rings. The summed E-state index contributed by atoms with van der Waals surface area (Å²) in [5.74, 6) is 0.387. The van der Waals surface area contributed by atoms with Crippen molar-refractivity contribution in [2.24, 2.45) is 0 Å². The molecule has 2 rings (SSSR count). The van der Waals surface area contributed by atoms with Gasteiger partial charge in [-0.3, -0.25) is 4.79 Å². The van der Waals surface area contributed by atoms with Crippen molar-refractivity contribution in [2.45, 2.75) is 13.0 Å². The normalized spacial score (nSPS) is 15.4. The average molecular weight is 251 g/mol. The quantitative estimate of drug-likeness (QED) is 0.677. The number of anilines is 3. The van der Waals surface area contributed by atoms with Gasteiger partial charge in [-0.25, -0.2) is 0 Å². The highest BCUT2D eigenvalue weighted by molar-refractivity contribution is 5.97. The number of ether oxygens (including phenoxy) is 1. The molecule has 0 aliphatic carbocycles. The number of rotatable bonds is 3. The average Bonchev–Trinajstić information content (AvgIpc) is 2.27. The predicted molar refractivity (Wildman–Crippen MR) is 69.9 cm³/mol. The third kappa shape index (κ3) is 2.48. The Balaban J connectivity index is 2.31. The molecule has 0 spiro atoms. The Morgan fingerprint density at radius 2 is 2.33 bits per heavy atom. The highest BCUT2D eigenvalue weighted by Gasteiger charge is 2.19. The second-order valence-corrected chi connectivity index (χ2v) is 4.47. The molecule has 6 nitrogen and oxygen atoms in total. The number of aliphatic hydroxyl groups excluding tert-OH is 1. The van der Waals surface area contributed by atoms with E-state index in [2.05, 4.69) is 5.32 Å². The maximum atomic E-state index is 11.2. The minimum absolute atomic E-state index is 0.00923. The van der Waals surface area contributed by atoms with Gasteiger partial charge in [0, 0.05) is 19.7 Å². The monoisotopic (exact) mass is 251 g/mol. The Morgan fingerprint density at radius 3 is 3.00 bits per heavy atom. The fraction of sp³-hybridized carbons (Fsp3) is 0.417. The number of benzene rings is 1. The number of fused-ring (bicyclic) bond motifs is 1. The van der Waals surface area contributed by atoms with Gasteiger partial charge in [0.25, 0.3) is 5.91 Å². The third-order valence-corrected chi connectivity index (χ3v) is 2.71. The minimum atomic E-state index is -0.462. The molecule has 1 aromatic carbocycles. The first kappa shape index (κ1) is 12.5. The lowest BCUT2D eigenvalue weighted by molar-refractivity contribution is -0.118. The van der Waals surface area contributed by atoms with Crippen LogP contribution in [0.2, 0.25) is 0 Å². The molecule has 0 saturated heterocycles. The van der Waals surface area contributed by atoms with Crippen LogP contribution in [0.25, 0.3) is 0 Å².